The van der Waals surface area contributed by atoms with E-state index in [0.717, 1.165) is 23.1 Å². The predicted octanol–water partition coefficient (Wildman–Crippen LogP) is 5.75. The molecule has 0 bridgehead atoms. The van der Waals surface area contributed by atoms with Gasteiger partial charge >= 0.3 is 0 Å². The molecule has 0 saturated carbocycles. The van der Waals surface area contributed by atoms with Crippen molar-refractivity contribution >= 4 is 17.2 Å². The summed E-state index contributed by atoms with van der Waals surface area (Å²) in [7, 11) is 0. The van der Waals surface area contributed by atoms with Gasteiger partial charge in [-0.05, 0) is 54.3 Å². The van der Waals surface area contributed by atoms with E-state index < -0.39 is 11.9 Å². The molecule has 3 aromatic rings. The summed E-state index contributed by atoms with van der Waals surface area (Å²) in [6.45, 7) is 4.08. The van der Waals surface area contributed by atoms with Gasteiger partial charge in [0.25, 0.3) is 5.91 Å². The minimum Gasteiger partial charge on any atom is -0.503 e. The van der Waals surface area contributed by atoms with E-state index in [9.17, 15) is 14.3 Å². The number of anilines is 1. The van der Waals surface area contributed by atoms with Crippen LogP contribution >= 0.6 is 0 Å². The smallest absolute Gasteiger partial charge is 0.294 e. The monoisotopic (exact) mass is 387 g/mol. The summed E-state index contributed by atoms with van der Waals surface area (Å²) < 4.78 is 13.5. The van der Waals surface area contributed by atoms with Crippen molar-refractivity contribution < 1.29 is 14.3 Å². The number of hydrogen-bond acceptors (Lipinski definition) is 2. The molecular formula is C25H22FNO2. The highest BCUT2D eigenvalue weighted by Crippen LogP contribution is 2.45. The molecule has 4 heteroatoms. The third-order valence-electron chi connectivity index (χ3n) is 5.38. The fourth-order valence-electron chi connectivity index (χ4n) is 3.75. The van der Waals surface area contributed by atoms with Gasteiger partial charge in [0.2, 0.25) is 0 Å². The topological polar surface area (TPSA) is 40.5 Å². The number of aliphatic hydroxyl groups is 1. The summed E-state index contributed by atoms with van der Waals surface area (Å²) in [5, 5.41) is 10.8. The molecule has 0 spiro atoms. The van der Waals surface area contributed by atoms with E-state index in [-0.39, 0.29) is 11.6 Å². The second kappa shape index (κ2) is 7.55. The Labute approximate surface area is 169 Å². The highest BCUT2D eigenvalue weighted by molar-refractivity contribution is 6.15. The molecular weight excluding hydrogens is 365 g/mol. The molecule has 29 heavy (non-hydrogen) atoms. The number of benzene rings is 3. The van der Waals surface area contributed by atoms with E-state index in [0.29, 0.717) is 11.3 Å². The Morgan fingerprint density at radius 1 is 0.931 bits per heavy atom. The summed E-state index contributed by atoms with van der Waals surface area (Å²) in [6.07, 6.45) is 0.914. The maximum absolute atomic E-state index is 13.5. The first-order valence-corrected chi connectivity index (χ1v) is 9.67. The van der Waals surface area contributed by atoms with Gasteiger partial charge in [-0.1, -0.05) is 61.0 Å². The second-order valence-corrected chi connectivity index (χ2v) is 7.28. The lowest BCUT2D eigenvalue weighted by Crippen LogP contribution is -2.30. The Bertz CT molecular complexity index is 1070. The van der Waals surface area contributed by atoms with E-state index in [1.165, 1.54) is 22.6 Å². The van der Waals surface area contributed by atoms with Gasteiger partial charge in [-0.2, -0.15) is 0 Å². The number of amides is 1. The van der Waals surface area contributed by atoms with Crippen LogP contribution in [0.3, 0.4) is 0 Å². The van der Waals surface area contributed by atoms with Gasteiger partial charge in [-0.3, -0.25) is 9.69 Å². The van der Waals surface area contributed by atoms with Crippen molar-refractivity contribution in [3.05, 3.63) is 107 Å². The van der Waals surface area contributed by atoms with Crippen molar-refractivity contribution in [1.29, 1.82) is 0 Å². The lowest BCUT2D eigenvalue weighted by molar-refractivity contribution is -0.117. The highest BCUT2D eigenvalue weighted by Gasteiger charge is 2.41. The molecule has 1 N–H and O–H groups in total. The van der Waals surface area contributed by atoms with Crippen molar-refractivity contribution in [1.82, 2.24) is 0 Å². The maximum Gasteiger partial charge on any atom is 0.294 e. The van der Waals surface area contributed by atoms with Crippen LogP contribution in [0.4, 0.5) is 10.1 Å². The SMILES string of the molecule is CCc1ccc([C@@H]2C(c3ccc(C)cc3)=C(O)C(=O)N2c2ccc(F)cc2)cc1. The second-order valence-electron chi connectivity index (χ2n) is 7.28. The summed E-state index contributed by atoms with van der Waals surface area (Å²) in [5.41, 5.74) is 5.06. The lowest BCUT2D eigenvalue weighted by Gasteiger charge is -2.27. The van der Waals surface area contributed by atoms with Crippen molar-refractivity contribution in [2.45, 2.75) is 26.3 Å². The molecule has 146 valence electrons. The van der Waals surface area contributed by atoms with E-state index in [4.69, 9.17) is 0 Å². The van der Waals surface area contributed by atoms with E-state index in [1.807, 2.05) is 55.5 Å². The zero-order valence-electron chi connectivity index (χ0n) is 16.4. The molecule has 0 saturated heterocycles. The summed E-state index contributed by atoms with van der Waals surface area (Å²) in [4.78, 5) is 14.6. The quantitative estimate of drug-likeness (QED) is 0.619. The van der Waals surface area contributed by atoms with Gasteiger partial charge in [0.15, 0.2) is 5.76 Å². The molecule has 0 aliphatic carbocycles. The third kappa shape index (κ3) is 3.42. The number of aliphatic hydroxyl groups excluding tert-OH is 1. The molecule has 0 radical (unpaired) electrons. The van der Waals surface area contributed by atoms with Crippen molar-refractivity contribution in [3.8, 4) is 0 Å². The van der Waals surface area contributed by atoms with Crippen molar-refractivity contribution in [2.75, 3.05) is 4.90 Å². The van der Waals surface area contributed by atoms with Crippen molar-refractivity contribution in [3.63, 3.8) is 0 Å². The largest absolute Gasteiger partial charge is 0.503 e. The average molecular weight is 387 g/mol. The zero-order chi connectivity index (χ0) is 20.5. The number of rotatable bonds is 4. The minimum atomic E-state index is -0.499. The Balaban J connectivity index is 1.88. The number of aryl methyl sites for hydroxylation is 2. The van der Waals surface area contributed by atoms with Crippen LogP contribution in [-0.2, 0) is 11.2 Å². The van der Waals surface area contributed by atoms with Crippen LogP contribution < -0.4 is 4.90 Å². The Morgan fingerprint density at radius 2 is 1.55 bits per heavy atom. The van der Waals surface area contributed by atoms with Crippen LogP contribution in [0.2, 0.25) is 0 Å². The van der Waals surface area contributed by atoms with Crippen LogP contribution in [0.5, 0.6) is 0 Å². The molecule has 0 fully saturated rings. The summed E-state index contributed by atoms with van der Waals surface area (Å²) in [5.74, 6) is -1.14. The first kappa shape index (κ1) is 18.9. The fraction of sp³-hybridized carbons (Fsp3) is 0.160. The molecule has 3 nitrogen and oxygen atoms in total. The highest BCUT2D eigenvalue weighted by atomic mass is 19.1. The predicted molar refractivity (Wildman–Crippen MR) is 113 cm³/mol. The minimum absolute atomic E-state index is 0.275. The Morgan fingerprint density at radius 3 is 2.14 bits per heavy atom. The molecule has 1 heterocycles. The molecule has 1 aliphatic rings. The van der Waals surface area contributed by atoms with Crippen LogP contribution in [-0.4, -0.2) is 11.0 Å². The molecule has 4 rings (SSSR count). The number of hydrogen-bond donors (Lipinski definition) is 1. The van der Waals surface area contributed by atoms with Gasteiger partial charge in [-0.15, -0.1) is 0 Å². The third-order valence-corrected chi connectivity index (χ3v) is 5.38. The molecule has 1 amide bonds. The fourth-order valence-corrected chi connectivity index (χ4v) is 3.75. The average Bonchev–Trinajstić information content (AvgIpc) is 3.00. The molecule has 1 aliphatic heterocycles. The Hall–Kier alpha value is -3.40. The van der Waals surface area contributed by atoms with Crippen LogP contribution in [0.1, 0.15) is 35.2 Å². The van der Waals surface area contributed by atoms with Gasteiger partial charge in [-0.25, -0.2) is 4.39 Å². The van der Waals surface area contributed by atoms with Gasteiger partial charge in [0.05, 0.1) is 6.04 Å². The standard InChI is InChI=1S/C25H22FNO2/c1-3-17-6-10-19(11-7-17)23-22(18-8-4-16(2)5-9-18)24(28)25(29)27(23)21-14-12-20(26)13-15-21/h4-15,23,28H,3H2,1-2H3/t23-/m1/s1. The van der Waals surface area contributed by atoms with E-state index in [1.54, 1.807) is 12.1 Å². The number of halogens is 1. The zero-order valence-corrected chi connectivity index (χ0v) is 16.4. The summed E-state index contributed by atoms with van der Waals surface area (Å²) in [6, 6.07) is 21.0. The van der Waals surface area contributed by atoms with Crippen LogP contribution in [0.15, 0.2) is 78.6 Å². The molecule has 1 atom stereocenters. The Kier molecular flexibility index (Phi) is 4.93. The van der Waals surface area contributed by atoms with E-state index >= 15 is 0 Å². The summed E-state index contributed by atoms with van der Waals surface area (Å²) >= 11 is 0. The first-order chi connectivity index (χ1) is 14.0. The number of carbonyl (C=O) groups is 1. The molecule has 3 aromatic carbocycles. The normalized spacial score (nSPS) is 16.6. The molecule has 0 unspecified atom stereocenters. The lowest BCUT2D eigenvalue weighted by atomic mass is 9.92. The van der Waals surface area contributed by atoms with E-state index in [2.05, 4.69) is 6.92 Å². The van der Waals surface area contributed by atoms with Gasteiger partial charge in [0, 0.05) is 11.3 Å². The first-order valence-electron chi connectivity index (χ1n) is 9.67. The maximum atomic E-state index is 13.5. The van der Waals surface area contributed by atoms with Crippen LogP contribution in [0.25, 0.3) is 5.57 Å². The van der Waals surface area contributed by atoms with Gasteiger partial charge in [0.1, 0.15) is 5.82 Å². The number of carbonyl (C=O) groups excluding carboxylic acids is 1. The number of nitrogens with zero attached hydrogens (tertiary/aromatic N) is 1. The molecule has 0 aromatic heterocycles. The van der Waals surface area contributed by atoms with Crippen LogP contribution in [0, 0.1) is 12.7 Å². The van der Waals surface area contributed by atoms with Crippen molar-refractivity contribution in [2.24, 2.45) is 0 Å². The van der Waals surface area contributed by atoms with Gasteiger partial charge < -0.3 is 5.11 Å².